The third-order valence-corrected chi connectivity index (χ3v) is 5.96. The molecule has 0 radical (unpaired) electrons. The molecule has 4 rings (SSSR count). The second kappa shape index (κ2) is 8.13. The summed E-state index contributed by atoms with van der Waals surface area (Å²) in [6.07, 6.45) is 6.34. The summed E-state index contributed by atoms with van der Waals surface area (Å²) >= 11 is 0. The first-order valence-electron chi connectivity index (χ1n) is 9.97. The summed E-state index contributed by atoms with van der Waals surface area (Å²) in [6, 6.07) is 10.1. The minimum atomic E-state index is -0.0865. The number of nitrogens with one attached hydrogen (secondary N) is 2. The van der Waals surface area contributed by atoms with Crippen LogP contribution in [0.1, 0.15) is 42.6 Å². The molecular formula is C21H28N4O2. The second-order valence-corrected chi connectivity index (χ2v) is 7.58. The number of H-pyrrole nitrogens is 1. The molecular weight excluding hydrogens is 340 g/mol. The Bertz CT molecular complexity index is 786. The van der Waals surface area contributed by atoms with Crippen molar-refractivity contribution in [3.05, 3.63) is 36.0 Å². The number of rotatable bonds is 5. The zero-order valence-electron chi connectivity index (χ0n) is 15.9. The fourth-order valence-electron chi connectivity index (χ4n) is 4.57. The van der Waals surface area contributed by atoms with Crippen LogP contribution in [0.2, 0.25) is 0 Å². The van der Waals surface area contributed by atoms with Gasteiger partial charge in [-0.1, -0.05) is 18.6 Å². The van der Waals surface area contributed by atoms with Crippen molar-refractivity contribution in [1.82, 2.24) is 20.4 Å². The fraction of sp³-hybridized carbons (Fsp3) is 0.524. The number of amides is 1. The Morgan fingerprint density at radius 1 is 1.26 bits per heavy atom. The smallest absolute Gasteiger partial charge is 0.269 e. The van der Waals surface area contributed by atoms with Crippen molar-refractivity contribution < 1.29 is 9.53 Å². The van der Waals surface area contributed by atoms with Crippen LogP contribution in [0.15, 0.2) is 30.3 Å². The summed E-state index contributed by atoms with van der Waals surface area (Å²) in [5.41, 5.74) is 2.08. The van der Waals surface area contributed by atoms with Crippen molar-refractivity contribution in [2.45, 2.75) is 38.1 Å². The first-order chi connectivity index (χ1) is 13.3. The van der Waals surface area contributed by atoms with Gasteiger partial charge in [0.25, 0.3) is 5.91 Å². The van der Waals surface area contributed by atoms with Gasteiger partial charge in [-0.15, -0.1) is 0 Å². The molecule has 0 aliphatic carbocycles. The number of nitrogens with zero attached hydrogens (tertiary/aromatic N) is 2. The van der Waals surface area contributed by atoms with Gasteiger partial charge in [-0.2, -0.15) is 5.10 Å². The van der Waals surface area contributed by atoms with Crippen molar-refractivity contribution >= 4 is 5.91 Å². The average Bonchev–Trinajstić information content (AvgIpc) is 3.22. The van der Waals surface area contributed by atoms with Crippen molar-refractivity contribution in [3.8, 4) is 17.0 Å². The molecule has 2 atom stereocenters. The summed E-state index contributed by atoms with van der Waals surface area (Å²) in [5, 5.41) is 10.3. The number of benzene rings is 1. The van der Waals surface area contributed by atoms with E-state index in [-0.39, 0.29) is 5.91 Å². The van der Waals surface area contributed by atoms with E-state index in [4.69, 9.17) is 4.74 Å². The molecule has 0 spiro atoms. The van der Waals surface area contributed by atoms with Crippen LogP contribution in [-0.2, 0) is 0 Å². The topological polar surface area (TPSA) is 70.2 Å². The van der Waals surface area contributed by atoms with Gasteiger partial charge in [-0.25, -0.2) is 0 Å². The van der Waals surface area contributed by atoms with Crippen molar-refractivity contribution in [2.24, 2.45) is 5.92 Å². The van der Waals surface area contributed by atoms with E-state index in [2.05, 4.69) is 20.4 Å². The highest BCUT2D eigenvalue weighted by Crippen LogP contribution is 2.31. The maximum atomic E-state index is 12.6. The van der Waals surface area contributed by atoms with Crippen LogP contribution in [0.5, 0.6) is 5.75 Å². The number of carbonyl (C=O) groups is 1. The molecule has 144 valence electrons. The first-order valence-corrected chi connectivity index (χ1v) is 9.97. The fourth-order valence-corrected chi connectivity index (χ4v) is 4.57. The lowest BCUT2D eigenvalue weighted by Gasteiger charge is -2.44. The van der Waals surface area contributed by atoms with Crippen LogP contribution in [-0.4, -0.2) is 53.8 Å². The van der Waals surface area contributed by atoms with E-state index in [0.717, 1.165) is 17.9 Å². The number of ether oxygens (including phenoxy) is 1. The Hall–Kier alpha value is -2.34. The number of piperidine rings is 2. The van der Waals surface area contributed by atoms with E-state index < -0.39 is 0 Å². The quantitative estimate of drug-likeness (QED) is 0.851. The van der Waals surface area contributed by atoms with Crippen LogP contribution in [0, 0.1) is 5.92 Å². The number of para-hydroxylation sites is 1. The molecule has 2 aliphatic heterocycles. The highest BCUT2D eigenvalue weighted by Gasteiger charge is 2.33. The maximum absolute atomic E-state index is 12.6. The standard InChI is InChI=1S/C21H28N4O2/c1-27-20-10-3-2-8-16(20)17-13-18(24-23-17)21(26)22-14-15-7-6-12-25-11-5-4-9-19(15)25/h2-3,8,10,13,15,19H,4-7,9,11-12,14H2,1H3,(H,22,26)(H,23,24)/t15-,19-/m1/s1. The molecule has 2 saturated heterocycles. The van der Waals surface area contributed by atoms with E-state index in [1.165, 1.54) is 45.2 Å². The van der Waals surface area contributed by atoms with Crippen molar-refractivity contribution in [3.63, 3.8) is 0 Å². The SMILES string of the molecule is COc1ccccc1-c1cc(C(=O)NC[C@H]2CCCN3CCCC[C@H]23)[nH]n1. The van der Waals surface area contributed by atoms with E-state index in [0.29, 0.717) is 23.3 Å². The molecule has 0 unspecified atom stereocenters. The van der Waals surface area contributed by atoms with Crippen LogP contribution < -0.4 is 10.1 Å². The van der Waals surface area contributed by atoms with Gasteiger partial charge in [0, 0.05) is 18.2 Å². The van der Waals surface area contributed by atoms with Gasteiger partial charge in [-0.3, -0.25) is 9.89 Å². The number of hydrogen-bond acceptors (Lipinski definition) is 4. The minimum absolute atomic E-state index is 0.0865. The molecule has 1 aromatic heterocycles. The van der Waals surface area contributed by atoms with E-state index in [1.54, 1.807) is 13.2 Å². The highest BCUT2D eigenvalue weighted by atomic mass is 16.5. The summed E-state index contributed by atoms with van der Waals surface area (Å²) in [6.45, 7) is 3.18. The Balaban J connectivity index is 1.40. The Labute approximate surface area is 160 Å². The predicted octanol–water partition coefficient (Wildman–Crippen LogP) is 3.08. The van der Waals surface area contributed by atoms with Gasteiger partial charge in [0.2, 0.25) is 0 Å². The van der Waals surface area contributed by atoms with Crippen molar-refractivity contribution in [1.29, 1.82) is 0 Å². The van der Waals surface area contributed by atoms with Gasteiger partial charge in [0.1, 0.15) is 11.4 Å². The third-order valence-electron chi connectivity index (χ3n) is 5.96. The summed E-state index contributed by atoms with van der Waals surface area (Å²) < 4.78 is 5.39. The highest BCUT2D eigenvalue weighted by molar-refractivity contribution is 5.93. The van der Waals surface area contributed by atoms with Gasteiger partial charge >= 0.3 is 0 Å². The molecule has 2 aromatic rings. The molecule has 6 nitrogen and oxygen atoms in total. The van der Waals surface area contributed by atoms with Crippen LogP contribution in [0.4, 0.5) is 0 Å². The van der Waals surface area contributed by atoms with Crippen LogP contribution in [0.25, 0.3) is 11.3 Å². The first kappa shape index (κ1) is 18.0. The second-order valence-electron chi connectivity index (χ2n) is 7.58. The molecule has 27 heavy (non-hydrogen) atoms. The zero-order valence-corrected chi connectivity index (χ0v) is 15.9. The molecule has 6 heteroatoms. The lowest BCUT2D eigenvalue weighted by Crippen LogP contribution is -2.51. The average molecular weight is 368 g/mol. The molecule has 0 bridgehead atoms. The number of aromatic nitrogens is 2. The third kappa shape index (κ3) is 3.86. The van der Waals surface area contributed by atoms with Gasteiger partial charge in [0.15, 0.2) is 0 Å². The summed E-state index contributed by atoms with van der Waals surface area (Å²) in [5.74, 6) is 1.21. The largest absolute Gasteiger partial charge is 0.496 e. The Kier molecular flexibility index (Phi) is 5.43. The maximum Gasteiger partial charge on any atom is 0.269 e. The van der Waals surface area contributed by atoms with Crippen molar-refractivity contribution in [2.75, 3.05) is 26.7 Å². The number of fused-ring (bicyclic) bond motifs is 1. The number of aromatic amines is 1. The monoisotopic (exact) mass is 368 g/mol. The normalized spacial score (nSPS) is 22.9. The molecule has 3 heterocycles. The van der Waals surface area contributed by atoms with E-state index >= 15 is 0 Å². The van der Waals surface area contributed by atoms with Gasteiger partial charge < -0.3 is 15.0 Å². The number of carbonyl (C=O) groups excluding carboxylic acids is 1. The van der Waals surface area contributed by atoms with Gasteiger partial charge in [-0.05, 0) is 62.9 Å². The van der Waals surface area contributed by atoms with E-state index in [9.17, 15) is 4.79 Å². The molecule has 2 aliphatic rings. The molecule has 0 saturated carbocycles. The van der Waals surface area contributed by atoms with Gasteiger partial charge in [0.05, 0.1) is 12.8 Å². The lowest BCUT2D eigenvalue weighted by atomic mass is 9.83. The molecule has 2 fully saturated rings. The summed E-state index contributed by atoms with van der Waals surface area (Å²) in [7, 11) is 1.64. The zero-order chi connectivity index (χ0) is 18.6. The predicted molar refractivity (Wildman–Crippen MR) is 105 cm³/mol. The van der Waals surface area contributed by atoms with Crippen LogP contribution >= 0.6 is 0 Å². The molecule has 2 N–H and O–H groups in total. The Morgan fingerprint density at radius 3 is 3.00 bits per heavy atom. The van der Waals surface area contributed by atoms with E-state index in [1.807, 2.05) is 24.3 Å². The number of methoxy groups -OCH3 is 1. The lowest BCUT2D eigenvalue weighted by molar-refractivity contribution is 0.0575. The minimum Gasteiger partial charge on any atom is -0.496 e. The molecule has 1 amide bonds. The Morgan fingerprint density at radius 2 is 2.11 bits per heavy atom. The summed E-state index contributed by atoms with van der Waals surface area (Å²) in [4.78, 5) is 15.2. The molecule has 1 aromatic carbocycles. The van der Waals surface area contributed by atoms with Crippen LogP contribution in [0.3, 0.4) is 0 Å². The number of hydrogen-bond donors (Lipinski definition) is 2.